The first-order valence-electron chi connectivity index (χ1n) is 6.94. The van der Waals surface area contributed by atoms with Gasteiger partial charge in [0, 0.05) is 35.0 Å². The summed E-state index contributed by atoms with van der Waals surface area (Å²) in [5.74, 6) is 0.0400. The molecule has 0 unspecified atom stereocenters. The standard InChI is InChI=1S/C17H19BrN2O/c1-12(2)20(11-14-5-4-6-19-10-14)17(21)15-7-13(3)8-16(18)9-15/h4-10,12H,11H2,1-3H3. The predicted molar refractivity (Wildman–Crippen MR) is 88.1 cm³/mol. The molecule has 0 fully saturated rings. The molecule has 0 aliphatic carbocycles. The topological polar surface area (TPSA) is 33.2 Å². The molecular weight excluding hydrogens is 328 g/mol. The van der Waals surface area contributed by atoms with Crippen LogP contribution in [0, 0.1) is 6.92 Å². The second kappa shape index (κ2) is 6.85. The lowest BCUT2D eigenvalue weighted by Gasteiger charge is -2.27. The van der Waals surface area contributed by atoms with Crippen molar-refractivity contribution in [3.05, 3.63) is 63.9 Å². The van der Waals surface area contributed by atoms with Gasteiger partial charge < -0.3 is 4.90 Å². The Kier molecular flexibility index (Phi) is 5.12. The van der Waals surface area contributed by atoms with Gasteiger partial charge in [-0.1, -0.05) is 22.0 Å². The van der Waals surface area contributed by atoms with Gasteiger partial charge in [0.2, 0.25) is 0 Å². The van der Waals surface area contributed by atoms with Crippen molar-refractivity contribution in [3.8, 4) is 0 Å². The summed E-state index contributed by atoms with van der Waals surface area (Å²) in [6, 6.07) is 9.79. The van der Waals surface area contributed by atoms with E-state index in [1.165, 1.54) is 0 Å². The molecule has 0 aliphatic rings. The molecule has 0 aliphatic heterocycles. The van der Waals surface area contributed by atoms with E-state index in [0.29, 0.717) is 12.1 Å². The fourth-order valence-corrected chi connectivity index (χ4v) is 2.81. The van der Waals surface area contributed by atoms with E-state index in [1.54, 1.807) is 12.4 Å². The van der Waals surface area contributed by atoms with Crippen molar-refractivity contribution in [2.75, 3.05) is 0 Å². The van der Waals surface area contributed by atoms with Crippen molar-refractivity contribution < 1.29 is 4.79 Å². The summed E-state index contributed by atoms with van der Waals surface area (Å²) < 4.78 is 0.927. The zero-order valence-electron chi connectivity index (χ0n) is 12.5. The average Bonchev–Trinajstić information content (AvgIpc) is 2.44. The molecule has 110 valence electrons. The van der Waals surface area contributed by atoms with Crippen molar-refractivity contribution in [1.82, 2.24) is 9.88 Å². The number of halogens is 1. The number of carbonyl (C=O) groups excluding carboxylic acids is 1. The number of pyridine rings is 1. The van der Waals surface area contributed by atoms with Gasteiger partial charge in [-0.05, 0) is 56.2 Å². The lowest BCUT2D eigenvalue weighted by Crippen LogP contribution is -2.36. The zero-order chi connectivity index (χ0) is 15.4. The van der Waals surface area contributed by atoms with Gasteiger partial charge in [0.1, 0.15) is 0 Å². The van der Waals surface area contributed by atoms with Crippen LogP contribution in [0.2, 0.25) is 0 Å². The molecule has 4 heteroatoms. The third kappa shape index (κ3) is 4.14. The first kappa shape index (κ1) is 15.7. The number of aromatic nitrogens is 1. The van der Waals surface area contributed by atoms with Crippen LogP contribution in [0.1, 0.15) is 35.3 Å². The highest BCUT2D eigenvalue weighted by Gasteiger charge is 2.19. The van der Waals surface area contributed by atoms with Crippen LogP contribution >= 0.6 is 15.9 Å². The van der Waals surface area contributed by atoms with E-state index in [0.717, 1.165) is 15.6 Å². The molecule has 1 heterocycles. The van der Waals surface area contributed by atoms with Gasteiger partial charge in [0.15, 0.2) is 0 Å². The Bertz CT molecular complexity index is 606. The van der Waals surface area contributed by atoms with Crippen molar-refractivity contribution >= 4 is 21.8 Å². The maximum Gasteiger partial charge on any atom is 0.254 e. The van der Waals surface area contributed by atoms with E-state index in [1.807, 2.05) is 56.0 Å². The molecule has 1 aromatic heterocycles. The van der Waals surface area contributed by atoms with Crippen molar-refractivity contribution in [2.45, 2.75) is 33.4 Å². The largest absolute Gasteiger partial charge is 0.332 e. The number of aryl methyl sites for hydroxylation is 1. The van der Waals surface area contributed by atoms with E-state index >= 15 is 0 Å². The molecule has 1 aromatic carbocycles. The number of hydrogen-bond donors (Lipinski definition) is 0. The quantitative estimate of drug-likeness (QED) is 0.830. The van der Waals surface area contributed by atoms with Gasteiger partial charge >= 0.3 is 0 Å². The smallest absolute Gasteiger partial charge is 0.254 e. The van der Waals surface area contributed by atoms with Crippen LogP contribution < -0.4 is 0 Å². The van der Waals surface area contributed by atoms with Crippen LogP contribution in [0.4, 0.5) is 0 Å². The van der Waals surface area contributed by atoms with Gasteiger partial charge in [0.05, 0.1) is 0 Å². The Morgan fingerprint density at radius 3 is 2.67 bits per heavy atom. The Morgan fingerprint density at radius 1 is 1.33 bits per heavy atom. The van der Waals surface area contributed by atoms with E-state index < -0.39 is 0 Å². The molecule has 0 N–H and O–H groups in total. The molecule has 21 heavy (non-hydrogen) atoms. The summed E-state index contributed by atoms with van der Waals surface area (Å²) in [4.78, 5) is 18.8. The minimum absolute atomic E-state index is 0.0400. The summed E-state index contributed by atoms with van der Waals surface area (Å²) in [7, 11) is 0. The van der Waals surface area contributed by atoms with Gasteiger partial charge in [-0.15, -0.1) is 0 Å². The molecule has 0 spiro atoms. The molecule has 3 nitrogen and oxygen atoms in total. The maximum absolute atomic E-state index is 12.8. The second-order valence-electron chi connectivity index (χ2n) is 5.41. The van der Waals surface area contributed by atoms with Crippen molar-refractivity contribution in [2.24, 2.45) is 0 Å². The Balaban J connectivity index is 2.27. The van der Waals surface area contributed by atoms with Crippen LogP contribution in [0.25, 0.3) is 0 Å². The maximum atomic E-state index is 12.8. The first-order valence-corrected chi connectivity index (χ1v) is 7.73. The molecule has 0 saturated heterocycles. The minimum atomic E-state index is 0.0400. The molecule has 1 amide bonds. The van der Waals surface area contributed by atoms with Crippen LogP contribution in [0.3, 0.4) is 0 Å². The lowest BCUT2D eigenvalue weighted by molar-refractivity contribution is 0.0690. The zero-order valence-corrected chi connectivity index (χ0v) is 14.1. The SMILES string of the molecule is Cc1cc(Br)cc(C(=O)N(Cc2cccnc2)C(C)C)c1. The summed E-state index contributed by atoms with van der Waals surface area (Å²) in [5, 5.41) is 0. The number of hydrogen-bond acceptors (Lipinski definition) is 2. The highest BCUT2D eigenvalue weighted by Crippen LogP contribution is 2.19. The Labute approximate surface area is 134 Å². The number of carbonyl (C=O) groups is 1. The molecule has 0 bridgehead atoms. The van der Waals surface area contributed by atoms with Gasteiger partial charge in [-0.25, -0.2) is 0 Å². The van der Waals surface area contributed by atoms with Gasteiger partial charge in [0.25, 0.3) is 5.91 Å². The molecule has 2 rings (SSSR count). The number of benzene rings is 1. The highest BCUT2D eigenvalue weighted by molar-refractivity contribution is 9.10. The monoisotopic (exact) mass is 346 g/mol. The predicted octanol–water partition coefficient (Wildman–Crippen LogP) is 4.20. The second-order valence-corrected chi connectivity index (χ2v) is 6.32. The van der Waals surface area contributed by atoms with Gasteiger partial charge in [-0.2, -0.15) is 0 Å². The minimum Gasteiger partial charge on any atom is -0.332 e. The number of nitrogens with zero attached hydrogens (tertiary/aromatic N) is 2. The average molecular weight is 347 g/mol. The fourth-order valence-electron chi connectivity index (χ4n) is 2.20. The Hall–Kier alpha value is -1.68. The highest BCUT2D eigenvalue weighted by atomic mass is 79.9. The molecule has 0 saturated carbocycles. The summed E-state index contributed by atoms with van der Waals surface area (Å²) in [6.45, 7) is 6.61. The van der Waals surface area contributed by atoms with E-state index in [-0.39, 0.29) is 11.9 Å². The Morgan fingerprint density at radius 2 is 2.10 bits per heavy atom. The molecule has 0 atom stereocenters. The lowest BCUT2D eigenvalue weighted by atomic mass is 10.1. The first-order chi connectivity index (χ1) is 9.97. The van der Waals surface area contributed by atoms with E-state index in [2.05, 4.69) is 20.9 Å². The third-order valence-corrected chi connectivity index (χ3v) is 3.71. The fraction of sp³-hybridized carbons (Fsp3) is 0.294. The van der Waals surface area contributed by atoms with Gasteiger partial charge in [-0.3, -0.25) is 9.78 Å². The van der Waals surface area contributed by atoms with E-state index in [9.17, 15) is 4.79 Å². The van der Waals surface area contributed by atoms with Crippen molar-refractivity contribution in [1.29, 1.82) is 0 Å². The van der Waals surface area contributed by atoms with E-state index in [4.69, 9.17) is 0 Å². The summed E-state index contributed by atoms with van der Waals surface area (Å²) in [6.07, 6.45) is 3.54. The summed E-state index contributed by atoms with van der Waals surface area (Å²) in [5.41, 5.74) is 2.81. The van der Waals surface area contributed by atoms with Crippen molar-refractivity contribution in [3.63, 3.8) is 0 Å². The van der Waals surface area contributed by atoms with Crippen LogP contribution in [0.15, 0.2) is 47.2 Å². The normalized spacial score (nSPS) is 10.7. The molecule has 0 radical (unpaired) electrons. The molecule has 2 aromatic rings. The van der Waals surface area contributed by atoms with Crippen LogP contribution in [0.5, 0.6) is 0 Å². The summed E-state index contributed by atoms with van der Waals surface area (Å²) >= 11 is 3.45. The number of amides is 1. The number of rotatable bonds is 4. The van der Waals surface area contributed by atoms with Crippen LogP contribution in [-0.2, 0) is 6.54 Å². The molecular formula is C17H19BrN2O. The third-order valence-electron chi connectivity index (χ3n) is 3.25. The van der Waals surface area contributed by atoms with Crippen LogP contribution in [-0.4, -0.2) is 21.8 Å².